The van der Waals surface area contributed by atoms with Crippen molar-refractivity contribution in [1.29, 1.82) is 0 Å². The van der Waals surface area contributed by atoms with E-state index in [1.807, 2.05) is 18.0 Å². The van der Waals surface area contributed by atoms with E-state index in [4.69, 9.17) is 0 Å². The topological polar surface area (TPSA) is 41.4 Å². The molecule has 1 aliphatic heterocycles. The van der Waals surface area contributed by atoms with Gasteiger partial charge in [-0.15, -0.1) is 0 Å². The van der Waals surface area contributed by atoms with Crippen LogP contribution in [0.4, 0.5) is 0 Å². The van der Waals surface area contributed by atoms with E-state index in [0.29, 0.717) is 0 Å². The molecule has 2 rings (SSSR count). The Morgan fingerprint density at radius 1 is 1.44 bits per heavy atom. The van der Waals surface area contributed by atoms with E-state index in [1.165, 1.54) is 0 Å². The van der Waals surface area contributed by atoms with E-state index in [2.05, 4.69) is 32.9 Å². The second-order valence-electron chi connectivity index (χ2n) is 4.57. The van der Waals surface area contributed by atoms with Crippen molar-refractivity contribution in [2.45, 2.75) is 19.9 Å². The third-order valence-corrected chi connectivity index (χ3v) is 3.86. The standard InChI is InChI=1S/C12H19BrN4O/c1-3-15-4-6-16(7-5-15)12(18)10(2)17-9-11(13)8-14-17/h8-10H,3-7H2,1-2H3/t10-/m1/s1. The van der Waals surface area contributed by atoms with Crippen LogP contribution in [0.5, 0.6) is 0 Å². The van der Waals surface area contributed by atoms with Gasteiger partial charge in [-0.3, -0.25) is 9.48 Å². The molecule has 5 nitrogen and oxygen atoms in total. The molecule has 2 heterocycles. The van der Waals surface area contributed by atoms with E-state index in [9.17, 15) is 4.79 Å². The maximum absolute atomic E-state index is 12.3. The van der Waals surface area contributed by atoms with Gasteiger partial charge in [-0.2, -0.15) is 5.10 Å². The molecule has 100 valence electrons. The summed E-state index contributed by atoms with van der Waals surface area (Å²) in [6, 6.07) is -0.232. The molecule has 0 bridgehead atoms. The molecule has 0 aliphatic carbocycles. The normalized spacial score (nSPS) is 18.9. The second kappa shape index (κ2) is 5.84. The summed E-state index contributed by atoms with van der Waals surface area (Å²) >= 11 is 3.35. The van der Waals surface area contributed by atoms with E-state index < -0.39 is 0 Å². The lowest BCUT2D eigenvalue weighted by atomic mass is 10.2. The number of hydrogen-bond donors (Lipinski definition) is 0. The van der Waals surface area contributed by atoms with Crippen LogP contribution < -0.4 is 0 Å². The fourth-order valence-electron chi connectivity index (χ4n) is 2.19. The van der Waals surface area contributed by atoms with E-state index in [1.54, 1.807) is 10.9 Å². The largest absolute Gasteiger partial charge is 0.338 e. The van der Waals surface area contributed by atoms with Crippen LogP contribution in [0.25, 0.3) is 0 Å². The number of carbonyl (C=O) groups is 1. The van der Waals surface area contributed by atoms with E-state index in [0.717, 1.165) is 37.2 Å². The van der Waals surface area contributed by atoms with Gasteiger partial charge in [-0.1, -0.05) is 6.92 Å². The number of amides is 1. The van der Waals surface area contributed by atoms with E-state index >= 15 is 0 Å². The monoisotopic (exact) mass is 314 g/mol. The number of aromatic nitrogens is 2. The van der Waals surface area contributed by atoms with Gasteiger partial charge < -0.3 is 9.80 Å². The highest BCUT2D eigenvalue weighted by molar-refractivity contribution is 9.10. The SMILES string of the molecule is CCN1CCN(C(=O)[C@@H](C)n2cc(Br)cn2)CC1. The molecule has 1 aromatic rings. The number of rotatable bonds is 3. The van der Waals surface area contributed by atoms with Crippen molar-refractivity contribution in [3.8, 4) is 0 Å². The first-order chi connectivity index (χ1) is 8.61. The highest BCUT2D eigenvalue weighted by Crippen LogP contribution is 2.15. The summed E-state index contributed by atoms with van der Waals surface area (Å²) in [5, 5.41) is 4.17. The van der Waals surface area contributed by atoms with E-state index in [-0.39, 0.29) is 11.9 Å². The Kier molecular flexibility index (Phi) is 4.40. The zero-order chi connectivity index (χ0) is 13.1. The predicted octanol–water partition coefficient (Wildman–Crippen LogP) is 1.37. The second-order valence-corrected chi connectivity index (χ2v) is 5.49. The molecule has 0 unspecified atom stereocenters. The number of piperazine rings is 1. The van der Waals surface area contributed by atoms with Crippen molar-refractivity contribution < 1.29 is 4.79 Å². The maximum atomic E-state index is 12.3. The summed E-state index contributed by atoms with van der Waals surface area (Å²) in [5.74, 6) is 0.154. The zero-order valence-corrected chi connectivity index (χ0v) is 12.4. The molecular weight excluding hydrogens is 296 g/mol. The Hall–Kier alpha value is -0.880. The molecule has 0 N–H and O–H groups in total. The molecule has 1 aromatic heterocycles. The molecule has 0 spiro atoms. The molecule has 1 aliphatic rings. The van der Waals surface area contributed by atoms with Crippen molar-refractivity contribution in [2.24, 2.45) is 0 Å². The minimum atomic E-state index is -0.232. The predicted molar refractivity (Wildman–Crippen MR) is 73.3 cm³/mol. The van der Waals surface area contributed by atoms with Crippen molar-refractivity contribution in [2.75, 3.05) is 32.7 Å². The molecule has 0 aromatic carbocycles. The van der Waals surface area contributed by atoms with Gasteiger partial charge in [0.1, 0.15) is 6.04 Å². The lowest BCUT2D eigenvalue weighted by molar-refractivity contribution is -0.136. The molecule has 1 saturated heterocycles. The van der Waals surface area contributed by atoms with Crippen LogP contribution in [0, 0.1) is 0 Å². The molecule has 0 saturated carbocycles. The van der Waals surface area contributed by atoms with Crippen molar-refractivity contribution >= 4 is 21.8 Å². The van der Waals surface area contributed by atoms with Crippen LogP contribution in [0.1, 0.15) is 19.9 Å². The third kappa shape index (κ3) is 2.92. The van der Waals surface area contributed by atoms with Crippen LogP contribution in [-0.4, -0.2) is 58.2 Å². The van der Waals surface area contributed by atoms with Gasteiger partial charge in [-0.25, -0.2) is 0 Å². The van der Waals surface area contributed by atoms with Crippen molar-refractivity contribution in [3.63, 3.8) is 0 Å². The van der Waals surface area contributed by atoms with Gasteiger partial charge in [0.05, 0.1) is 10.7 Å². The number of nitrogens with zero attached hydrogens (tertiary/aromatic N) is 4. The molecule has 6 heteroatoms. The minimum Gasteiger partial charge on any atom is -0.338 e. The first kappa shape index (κ1) is 13.5. The summed E-state index contributed by atoms with van der Waals surface area (Å²) < 4.78 is 2.61. The summed E-state index contributed by atoms with van der Waals surface area (Å²) in [5.41, 5.74) is 0. The highest BCUT2D eigenvalue weighted by atomic mass is 79.9. The summed E-state index contributed by atoms with van der Waals surface area (Å²) in [4.78, 5) is 16.6. The lowest BCUT2D eigenvalue weighted by Gasteiger charge is -2.35. The molecule has 18 heavy (non-hydrogen) atoms. The number of hydrogen-bond acceptors (Lipinski definition) is 3. The van der Waals surface area contributed by atoms with Crippen LogP contribution in [0.15, 0.2) is 16.9 Å². The molecule has 1 atom stereocenters. The Morgan fingerprint density at radius 2 is 2.11 bits per heavy atom. The summed E-state index contributed by atoms with van der Waals surface area (Å²) in [6.07, 6.45) is 3.55. The molecule has 0 radical (unpaired) electrons. The first-order valence-corrected chi connectivity index (χ1v) is 7.12. The Labute approximate surface area is 116 Å². The van der Waals surface area contributed by atoms with Crippen LogP contribution in [-0.2, 0) is 4.79 Å². The Morgan fingerprint density at radius 3 is 2.61 bits per heavy atom. The van der Waals surface area contributed by atoms with Crippen molar-refractivity contribution in [1.82, 2.24) is 19.6 Å². The summed E-state index contributed by atoms with van der Waals surface area (Å²) in [6.45, 7) is 8.69. The van der Waals surface area contributed by atoms with Crippen LogP contribution in [0.2, 0.25) is 0 Å². The third-order valence-electron chi connectivity index (χ3n) is 3.46. The maximum Gasteiger partial charge on any atom is 0.247 e. The van der Waals surface area contributed by atoms with Crippen LogP contribution >= 0.6 is 15.9 Å². The smallest absolute Gasteiger partial charge is 0.247 e. The van der Waals surface area contributed by atoms with Gasteiger partial charge >= 0.3 is 0 Å². The van der Waals surface area contributed by atoms with Gasteiger partial charge in [0.25, 0.3) is 0 Å². The average Bonchev–Trinajstić information content (AvgIpc) is 2.84. The Balaban J connectivity index is 1.95. The summed E-state index contributed by atoms with van der Waals surface area (Å²) in [7, 11) is 0. The fourth-order valence-corrected chi connectivity index (χ4v) is 2.49. The number of halogens is 1. The highest BCUT2D eigenvalue weighted by Gasteiger charge is 2.25. The van der Waals surface area contributed by atoms with Gasteiger partial charge in [0.15, 0.2) is 0 Å². The molecule has 1 amide bonds. The number of likely N-dealkylation sites (N-methyl/N-ethyl adjacent to an activating group) is 1. The van der Waals surface area contributed by atoms with Gasteiger partial charge in [0.2, 0.25) is 5.91 Å². The fraction of sp³-hybridized carbons (Fsp3) is 0.667. The van der Waals surface area contributed by atoms with Gasteiger partial charge in [0, 0.05) is 32.4 Å². The zero-order valence-electron chi connectivity index (χ0n) is 10.8. The number of carbonyl (C=O) groups excluding carboxylic acids is 1. The minimum absolute atomic E-state index is 0.154. The van der Waals surface area contributed by atoms with Crippen molar-refractivity contribution in [3.05, 3.63) is 16.9 Å². The Bertz CT molecular complexity index is 412. The van der Waals surface area contributed by atoms with Crippen LogP contribution in [0.3, 0.4) is 0 Å². The quantitative estimate of drug-likeness (QED) is 0.846. The molecule has 1 fully saturated rings. The average molecular weight is 315 g/mol. The molecular formula is C12H19BrN4O. The van der Waals surface area contributed by atoms with Gasteiger partial charge in [-0.05, 0) is 29.4 Å². The first-order valence-electron chi connectivity index (χ1n) is 6.32. The lowest BCUT2D eigenvalue weighted by Crippen LogP contribution is -2.50.